The summed E-state index contributed by atoms with van der Waals surface area (Å²) < 4.78 is 1.37. The molecule has 124 valence electrons. The molecule has 0 bridgehead atoms. The summed E-state index contributed by atoms with van der Waals surface area (Å²) in [6.45, 7) is 6.47. The molecule has 0 aliphatic heterocycles. The lowest BCUT2D eigenvalue weighted by Gasteiger charge is -2.23. The second kappa shape index (κ2) is 5.40. The first-order valence-corrected chi connectivity index (χ1v) is 7.29. The van der Waals surface area contributed by atoms with E-state index in [0.29, 0.717) is 22.5 Å². The minimum Gasteiger partial charge on any atom is -0.398 e. The summed E-state index contributed by atoms with van der Waals surface area (Å²) in [6.07, 6.45) is 1.51. The number of aliphatic hydroxyl groups is 2. The summed E-state index contributed by atoms with van der Waals surface area (Å²) in [5.74, 6) is 0. The smallest absolute Gasteiger partial charge is 0.257 e. The Morgan fingerprint density at radius 3 is 1.91 bits per heavy atom. The minimum atomic E-state index is -1.18. The van der Waals surface area contributed by atoms with Gasteiger partial charge in [-0.1, -0.05) is 6.07 Å². The van der Waals surface area contributed by atoms with E-state index < -0.39 is 11.2 Å². The van der Waals surface area contributed by atoms with Crippen LogP contribution in [0.15, 0.2) is 35.3 Å². The van der Waals surface area contributed by atoms with Crippen LogP contribution >= 0.6 is 0 Å². The molecule has 2 aromatic rings. The fraction of sp³-hybridized carbons (Fsp3) is 0.353. The maximum atomic E-state index is 12.2. The maximum Gasteiger partial charge on any atom is 0.257 e. The molecule has 1 heterocycles. The largest absolute Gasteiger partial charge is 0.398 e. The summed E-state index contributed by atoms with van der Waals surface area (Å²) >= 11 is 0. The third-order valence-corrected chi connectivity index (χ3v) is 3.72. The minimum absolute atomic E-state index is 0.236. The highest BCUT2D eigenvalue weighted by Crippen LogP contribution is 2.29. The molecule has 0 spiro atoms. The number of nitrogens with two attached hydrogens (primary N) is 2. The van der Waals surface area contributed by atoms with Crippen molar-refractivity contribution in [2.75, 3.05) is 11.5 Å². The van der Waals surface area contributed by atoms with Crippen molar-refractivity contribution >= 4 is 11.4 Å². The first-order valence-electron chi connectivity index (χ1n) is 7.29. The Kier molecular flexibility index (Phi) is 4.00. The molecule has 0 aliphatic carbocycles. The van der Waals surface area contributed by atoms with Gasteiger partial charge >= 0.3 is 0 Å². The van der Waals surface area contributed by atoms with Crippen LogP contribution in [-0.4, -0.2) is 14.8 Å². The number of pyridine rings is 1. The molecule has 0 saturated heterocycles. The number of anilines is 2. The van der Waals surface area contributed by atoms with Crippen molar-refractivity contribution in [2.45, 2.75) is 38.9 Å². The van der Waals surface area contributed by atoms with Gasteiger partial charge in [-0.05, 0) is 39.8 Å². The molecule has 0 atom stereocenters. The van der Waals surface area contributed by atoms with Crippen molar-refractivity contribution in [1.82, 2.24) is 4.57 Å². The zero-order valence-corrected chi connectivity index (χ0v) is 13.8. The second-order valence-electron chi connectivity index (χ2n) is 6.74. The average molecular weight is 317 g/mol. The number of nitrogen functional groups attached to an aromatic ring is 2. The third kappa shape index (κ3) is 3.38. The quantitative estimate of drug-likeness (QED) is 0.640. The van der Waals surface area contributed by atoms with Crippen LogP contribution < -0.4 is 17.0 Å². The van der Waals surface area contributed by atoms with Crippen LogP contribution in [0.2, 0.25) is 0 Å². The van der Waals surface area contributed by atoms with E-state index in [9.17, 15) is 15.0 Å². The highest BCUT2D eigenvalue weighted by molar-refractivity contribution is 5.57. The lowest BCUT2D eigenvalue weighted by Crippen LogP contribution is -2.25. The van der Waals surface area contributed by atoms with Crippen LogP contribution in [-0.2, 0) is 11.2 Å². The van der Waals surface area contributed by atoms with Gasteiger partial charge in [0.25, 0.3) is 5.56 Å². The molecule has 0 radical (unpaired) electrons. The van der Waals surface area contributed by atoms with Gasteiger partial charge in [0, 0.05) is 34.8 Å². The lowest BCUT2D eigenvalue weighted by molar-refractivity contribution is 0.0786. The van der Waals surface area contributed by atoms with Gasteiger partial charge in [0.05, 0.1) is 16.9 Å². The second-order valence-corrected chi connectivity index (χ2v) is 6.74. The molecular weight excluding hydrogens is 294 g/mol. The predicted molar refractivity (Wildman–Crippen MR) is 91.4 cm³/mol. The van der Waals surface area contributed by atoms with Gasteiger partial charge in [-0.15, -0.1) is 0 Å². The van der Waals surface area contributed by atoms with Gasteiger partial charge < -0.3 is 21.7 Å². The highest BCUT2D eigenvalue weighted by atomic mass is 16.3. The monoisotopic (exact) mass is 317 g/mol. The Hall–Kier alpha value is -2.31. The van der Waals surface area contributed by atoms with Crippen molar-refractivity contribution in [3.05, 3.63) is 51.9 Å². The fourth-order valence-corrected chi connectivity index (χ4v) is 2.52. The van der Waals surface area contributed by atoms with Crippen molar-refractivity contribution in [3.63, 3.8) is 0 Å². The molecule has 1 aromatic carbocycles. The SMILES string of the molecule is CC(C)(O)c1ccc(-n2cc(C(C)(C)O)c(N)cc2=O)cc1N. The Morgan fingerprint density at radius 1 is 0.913 bits per heavy atom. The molecule has 0 amide bonds. The van der Waals surface area contributed by atoms with Crippen molar-refractivity contribution in [3.8, 4) is 5.69 Å². The van der Waals surface area contributed by atoms with Gasteiger partial charge in [0.1, 0.15) is 0 Å². The van der Waals surface area contributed by atoms with E-state index in [0.717, 1.165) is 0 Å². The molecule has 0 saturated carbocycles. The topological polar surface area (TPSA) is 114 Å². The van der Waals surface area contributed by atoms with Crippen LogP contribution in [0.3, 0.4) is 0 Å². The van der Waals surface area contributed by atoms with E-state index in [2.05, 4.69) is 0 Å². The first-order chi connectivity index (χ1) is 10.4. The molecule has 6 nitrogen and oxygen atoms in total. The van der Waals surface area contributed by atoms with E-state index in [1.54, 1.807) is 45.9 Å². The third-order valence-electron chi connectivity index (χ3n) is 3.72. The van der Waals surface area contributed by atoms with Gasteiger partial charge in [-0.3, -0.25) is 9.36 Å². The fourth-order valence-electron chi connectivity index (χ4n) is 2.52. The van der Waals surface area contributed by atoms with Crippen LogP contribution in [0.25, 0.3) is 5.69 Å². The first kappa shape index (κ1) is 17.1. The molecule has 23 heavy (non-hydrogen) atoms. The maximum absolute atomic E-state index is 12.2. The summed E-state index contributed by atoms with van der Waals surface area (Å²) in [5, 5.41) is 20.3. The van der Waals surface area contributed by atoms with E-state index >= 15 is 0 Å². The average Bonchev–Trinajstić information content (AvgIpc) is 2.35. The molecular formula is C17H23N3O3. The Morgan fingerprint density at radius 2 is 1.43 bits per heavy atom. The van der Waals surface area contributed by atoms with E-state index in [1.807, 2.05) is 0 Å². The molecule has 1 aromatic heterocycles. The van der Waals surface area contributed by atoms with Crippen LogP contribution in [0.4, 0.5) is 11.4 Å². The van der Waals surface area contributed by atoms with E-state index in [1.165, 1.54) is 16.8 Å². The number of hydrogen-bond acceptors (Lipinski definition) is 5. The molecule has 0 unspecified atom stereocenters. The molecule has 0 aliphatic rings. The van der Waals surface area contributed by atoms with Gasteiger partial charge in [0.15, 0.2) is 0 Å². The van der Waals surface area contributed by atoms with Gasteiger partial charge in [0.2, 0.25) is 0 Å². The summed E-state index contributed by atoms with van der Waals surface area (Å²) in [6, 6.07) is 6.25. The standard InChI is InChI=1S/C17H23N3O3/c1-16(2,22)11-6-5-10(7-13(11)18)20-9-12(17(3,4)23)14(19)8-15(20)21/h5-9,22-23H,18-19H2,1-4H3. The summed E-state index contributed by atoms with van der Waals surface area (Å²) in [5.41, 5.74) is 11.4. The van der Waals surface area contributed by atoms with Gasteiger partial charge in [-0.25, -0.2) is 0 Å². The molecule has 6 N–H and O–H groups in total. The van der Waals surface area contributed by atoms with Gasteiger partial charge in [-0.2, -0.15) is 0 Å². The van der Waals surface area contributed by atoms with Crippen molar-refractivity contribution < 1.29 is 10.2 Å². The van der Waals surface area contributed by atoms with E-state index in [-0.39, 0.29) is 11.2 Å². The number of rotatable bonds is 3. The zero-order valence-electron chi connectivity index (χ0n) is 13.8. The molecule has 6 heteroatoms. The zero-order chi connectivity index (χ0) is 17.6. The number of nitrogens with zero attached hydrogens (tertiary/aromatic N) is 1. The predicted octanol–water partition coefficient (Wildman–Crippen LogP) is 1.46. The number of benzene rings is 1. The molecule has 0 fully saturated rings. The lowest BCUT2D eigenvalue weighted by atomic mass is 9.96. The van der Waals surface area contributed by atoms with Crippen LogP contribution in [0, 0.1) is 0 Å². The van der Waals surface area contributed by atoms with Crippen molar-refractivity contribution in [1.29, 1.82) is 0 Å². The Bertz CT molecular complexity index is 796. The Labute approximate surface area is 135 Å². The highest BCUT2D eigenvalue weighted by Gasteiger charge is 2.22. The summed E-state index contributed by atoms with van der Waals surface area (Å²) in [4.78, 5) is 12.2. The molecule has 2 rings (SSSR count). The van der Waals surface area contributed by atoms with E-state index in [4.69, 9.17) is 11.5 Å². The Balaban J connectivity index is 2.64. The van der Waals surface area contributed by atoms with Crippen molar-refractivity contribution in [2.24, 2.45) is 0 Å². The number of hydrogen-bond donors (Lipinski definition) is 4. The summed E-state index contributed by atoms with van der Waals surface area (Å²) in [7, 11) is 0. The number of aromatic nitrogens is 1. The van der Waals surface area contributed by atoms with Crippen LogP contribution in [0.1, 0.15) is 38.8 Å². The normalized spacial score (nSPS) is 12.4. The van der Waals surface area contributed by atoms with Crippen LogP contribution in [0.5, 0.6) is 0 Å².